The molecular formula is C17H25NO. The van der Waals surface area contributed by atoms with Gasteiger partial charge in [-0.05, 0) is 35.6 Å². The van der Waals surface area contributed by atoms with Crippen molar-refractivity contribution in [3.8, 4) is 5.75 Å². The summed E-state index contributed by atoms with van der Waals surface area (Å²) in [6, 6.07) is 6.46. The van der Waals surface area contributed by atoms with Crippen LogP contribution < -0.4 is 10.1 Å². The lowest BCUT2D eigenvalue weighted by Crippen LogP contribution is -2.23. The average Bonchev–Trinajstić information content (AvgIpc) is 2.90. The van der Waals surface area contributed by atoms with Gasteiger partial charge in [-0.25, -0.2) is 0 Å². The van der Waals surface area contributed by atoms with Gasteiger partial charge in [0.15, 0.2) is 0 Å². The fraction of sp³-hybridized carbons (Fsp3) is 0.647. The van der Waals surface area contributed by atoms with E-state index in [1.807, 2.05) is 0 Å². The molecule has 1 aromatic rings. The molecule has 1 fully saturated rings. The molecule has 0 aromatic heterocycles. The molecule has 0 saturated heterocycles. The predicted molar refractivity (Wildman–Crippen MR) is 80.0 cm³/mol. The minimum atomic E-state index is 0.660. The monoisotopic (exact) mass is 259 g/mol. The third-order valence-corrected chi connectivity index (χ3v) is 5.20. The standard InChI is InChI=1S/C17H25NO/c1-12(13-6-4-3-5-7-13)16-11-18-17-9-8-14(19-2)10-15(16)17/h8-10,12-13,16,18H,3-7,11H2,1-2H3. The number of hydrogen-bond acceptors (Lipinski definition) is 2. The lowest BCUT2D eigenvalue weighted by Gasteiger charge is -2.31. The summed E-state index contributed by atoms with van der Waals surface area (Å²) in [7, 11) is 1.75. The molecule has 2 nitrogen and oxygen atoms in total. The van der Waals surface area contributed by atoms with E-state index in [1.54, 1.807) is 7.11 Å². The minimum Gasteiger partial charge on any atom is -0.497 e. The summed E-state index contributed by atoms with van der Waals surface area (Å²) >= 11 is 0. The van der Waals surface area contributed by atoms with Crippen molar-refractivity contribution >= 4 is 5.69 Å². The maximum atomic E-state index is 5.39. The summed E-state index contributed by atoms with van der Waals surface area (Å²) in [6.07, 6.45) is 7.16. The van der Waals surface area contributed by atoms with E-state index in [9.17, 15) is 0 Å². The van der Waals surface area contributed by atoms with Crippen LogP contribution in [0.3, 0.4) is 0 Å². The lowest BCUT2D eigenvalue weighted by molar-refractivity contribution is 0.238. The number of methoxy groups -OCH3 is 1. The van der Waals surface area contributed by atoms with Crippen LogP contribution in [0.15, 0.2) is 18.2 Å². The van der Waals surface area contributed by atoms with Gasteiger partial charge in [-0.3, -0.25) is 0 Å². The number of rotatable bonds is 3. The molecule has 104 valence electrons. The van der Waals surface area contributed by atoms with Crippen molar-refractivity contribution in [1.82, 2.24) is 0 Å². The van der Waals surface area contributed by atoms with Gasteiger partial charge in [0, 0.05) is 18.2 Å². The molecule has 0 spiro atoms. The first-order chi connectivity index (χ1) is 9.29. The van der Waals surface area contributed by atoms with Crippen LogP contribution in [0.5, 0.6) is 5.75 Å². The number of benzene rings is 1. The first kappa shape index (κ1) is 12.8. The van der Waals surface area contributed by atoms with Crippen LogP contribution in [0.2, 0.25) is 0 Å². The summed E-state index contributed by atoms with van der Waals surface area (Å²) in [5.41, 5.74) is 2.78. The van der Waals surface area contributed by atoms with Crippen LogP contribution >= 0.6 is 0 Å². The summed E-state index contributed by atoms with van der Waals surface area (Å²) in [5, 5.41) is 3.57. The highest BCUT2D eigenvalue weighted by molar-refractivity contribution is 5.60. The smallest absolute Gasteiger partial charge is 0.119 e. The first-order valence-electron chi connectivity index (χ1n) is 7.71. The molecule has 1 aliphatic carbocycles. The average molecular weight is 259 g/mol. The Balaban J connectivity index is 1.80. The Morgan fingerprint density at radius 3 is 2.74 bits per heavy atom. The number of ether oxygens (including phenoxy) is 1. The first-order valence-corrected chi connectivity index (χ1v) is 7.71. The number of hydrogen-bond donors (Lipinski definition) is 1. The van der Waals surface area contributed by atoms with Gasteiger partial charge < -0.3 is 10.1 Å². The molecule has 2 heteroatoms. The molecule has 2 unspecified atom stereocenters. The van der Waals surface area contributed by atoms with E-state index in [0.29, 0.717) is 5.92 Å². The van der Waals surface area contributed by atoms with Crippen molar-refractivity contribution in [1.29, 1.82) is 0 Å². The van der Waals surface area contributed by atoms with Gasteiger partial charge in [-0.2, -0.15) is 0 Å². The Kier molecular flexibility index (Phi) is 3.67. The summed E-state index contributed by atoms with van der Waals surface area (Å²) in [4.78, 5) is 0. The summed E-state index contributed by atoms with van der Waals surface area (Å²) in [6.45, 7) is 3.55. The van der Waals surface area contributed by atoms with Crippen LogP contribution in [0.4, 0.5) is 5.69 Å². The SMILES string of the molecule is COc1ccc2c(c1)C(C(C)C1CCCCC1)CN2. The maximum absolute atomic E-state index is 5.39. The topological polar surface area (TPSA) is 21.3 Å². The van der Waals surface area contributed by atoms with E-state index in [0.717, 1.165) is 24.1 Å². The zero-order valence-corrected chi connectivity index (χ0v) is 12.1. The van der Waals surface area contributed by atoms with E-state index in [4.69, 9.17) is 4.74 Å². The zero-order chi connectivity index (χ0) is 13.2. The molecule has 1 heterocycles. The van der Waals surface area contributed by atoms with Crippen molar-refractivity contribution < 1.29 is 4.74 Å². The maximum Gasteiger partial charge on any atom is 0.119 e. The van der Waals surface area contributed by atoms with E-state index < -0.39 is 0 Å². The summed E-state index contributed by atoms with van der Waals surface area (Å²) in [5.74, 6) is 3.34. The van der Waals surface area contributed by atoms with E-state index >= 15 is 0 Å². The molecule has 0 amide bonds. The molecule has 3 rings (SSSR count). The van der Waals surface area contributed by atoms with Crippen molar-refractivity contribution in [2.75, 3.05) is 19.0 Å². The van der Waals surface area contributed by atoms with Crippen LogP contribution in [0.1, 0.15) is 50.5 Å². The number of anilines is 1. The lowest BCUT2D eigenvalue weighted by atomic mass is 9.73. The Bertz CT molecular complexity index is 437. The highest BCUT2D eigenvalue weighted by Crippen LogP contribution is 2.44. The van der Waals surface area contributed by atoms with Crippen molar-refractivity contribution in [2.24, 2.45) is 11.8 Å². The largest absolute Gasteiger partial charge is 0.497 e. The van der Waals surface area contributed by atoms with Crippen molar-refractivity contribution in [3.05, 3.63) is 23.8 Å². The van der Waals surface area contributed by atoms with E-state index in [1.165, 1.54) is 43.4 Å². The second-order valence-corrected chi connectivity index (χ2v) is 6.20. The molecule has 2 atom stereocenters. The normalized spacial score (nSPS) is 24.6. The van der Waals surface area contributed by atoms with Crippen molar-refractivity contribution in [2.45, 2.75) is 44.9 Å². The fourth-order valence-electron chi connectivity index (χ4n) is 3.92. The van der Waals surface area contributed by atoms with E-state index in [2.05, 4.69) is 30.4 Å². The molecule has 19 heavy (non-hydrogen) atoms. The van der Waals surface area contributed by atoms with Gasteiger partial charge in [-0.1, -0.05) is 39.0 Å². The number of nitrogens with one attached hydrogen (secondary N) is 1. The van der Waals surface area contributed by atoms with Crippen molar-refractivity contribution in [3.63, 3.8) is 0 Å². The minimum absolute atomic E-state index is 0.660. The van der Waals surface area contributed by atoms with Gasteiger partial charge >= 0.3 is 0 Å². The van der Waals surface area contributed by atoms with Crippen LogP contribution in [0.25, 0.3) is 0 Å². The Morgan fingerprint density at radius 2 is 2.00 bits per heavy atom. The van der Waals surface area contributed by atoms with E-state index in [-0.39, 0.29) is 0 Å². The van der Waals surface area contributed by atoms with Gasteiger partial charge in [0.2, 0.25) is 0 Å². The molecule has 0 radical (unpaired) electrons. The zero-order valence-electron chi connectivity index (χ0n) is 12.1. The van der Waals surface area contributed by atoms with Crippen LogP contribution in [0, 0.1) is 11.8 Å². The predicted octanol–water partition coefficient (Wildman–Crippen LogP) is 4.42. The number of fused-ring (bicyclic) bond motifs is 1. The second-order valence-electron chi connectivity index (χ2n) is 6.20. The van der Waals surface area contributed by atoms with Gasteiger partial charge in [0.25, 0.3) is 0 Å². The molecule has 2 aliphatic rings. The summed E-state index contributed by atoms with van der Waals surface area (Å²) < 4.78 is 5.39. The van der Waals surface area contributed by atoms with Gasteiger partial charge in [0.1, 0.15) is 5.75 Å². The third-order valence-electron chi connectivity index (χ3n) is 5.20. The molecular weight excluding hydrogens is 234 g/mol. The quantitative estimate of drug-likeness (QED) is 0.867. The third kappa shape index (κ3) is 2.45. The Labute approximate surface area is 116 Å². The highest BCUT2D eigenvalue weighted by Gasteiger charge is 2.32. The molecule has 1 N–H and O–H groups in total. The molecule has 1 aromatic carbocycles. The molecule has 0 bridgehead atoms. The van der Waals surface area contributed by atoms with Crippen LogP contribution in [-0.2, 0) is 0 Å². The second kappa shape index (κ2) is 5.44. The Morgan fingerprint density at radius 1 is 1.21 bits per heavy atom. The highest BCUT2D eigenvalue weighted by atomic mass is 16.5. The molecule has 1 aliphatic heterocycles. The molecule has 1 saturated carbocycles. The van der Waals surface area contributed by atoms with Gasteiger partial charge in [-0.15, -0.1) is 0 Å². The van der Waals surface area contributed by atoms with Crippen LogP contribution in [-0.4, -0.2) is 13.7 Å². The van der Waals surface area contributed by atoms with Gasteiger partial charge in [0.05, 0.1) is 7.11 Å². The fourth-order valence-corrected chi connectivity index (χ4v) is 3.92. The Hall–Kier alpha value is -1.18.